The van der Waals surface area contributed by atoms with Gasteiger partial charge in [-0.2, -0.15) is 0 Å². The second-order valence-corrected chi connectivity index (χ2v) is 4.79. The van der Waals surface area contributed by atoms with Gasteiger partial charge in [0.25, 0.3) is 0 Å². The molecule has 0 radical (unpaired) electrons. The lowest BCUT2D eigenvalue weighted by Crippen LogP contribution is -2.18. The van der Waals surface area contributed by atoms with Crippen LogP contribution in [0, 0.1) is 6.92 Å². The number of anilines is 1. The molecule has 15 heavy (non-hydrogen) atoms. The Hall–Kier alpha value is -1.58. The number of fused-ring (bicyclic) bond motifs is 1. The van der Waals surface area contributed by atoms with E-state index in [4.69, 9.17) is 5.73 Å². The molecule has 0 aliphatic carbocycles. The fraction of sp³-hybridized carbons (Fsp3) is 0.455. The molecule has 2 aromatic rings. The zero-order valence-electron chi connectivity index (χ0n) is 9.57. The molecule has 2 N–H and O–H groups in total. The quantitative estimate of drug-likeness (QED) is 0.713. The molecule has 4 heteroatoms. The molecule has 0 bridgehead atoms. The fourth-order valence-electron chi connectivity index (χ4n) is 1.87. The van der Waals surface area contributed by atoms with Crippen molar-refractivity contribution in [2.24, 2.45) is 0 Å². The molecule has 0 atom stereocenters. The number of hydrogen-bond acceptors (Lipinski definition) is 3. The lowest BCUT2D eigenvalue weighted by molar-refractivity contribution is 0.590. The van der Waals surface area contributed by atoms with E-state index in [0.717, 1.165) is 17.0 Å². The van der Waals surface area contributed by atoms with E-state index < -0.39 is 0 Å². The summed E-state index contributed by atoms with van der Waals surface area (Å²) in [6.45, 7) is 8.27. The van der Waals surface area contributed by atoms with Gasteiger partial charge < -0.3 is 5.73 Å². The molecule has 0 aliphatic rings. The molecule has 2 heterocycles. The summed E-state index contributed by atoms with van der Waals surface area (Å²) < 4.78 is 1.97. The molecule has 80 valence electrons. The molecule has 0 saturated carbocycles. The molecular formula is C11H16N4. The average molecular weight is 204 g/mol. The van der Waals surface area contributed by atoms with Crippen molar-refractivity contribution < 1.29 is 0 Å². The van der Waals surface area contributed by atoms with Crippen LogP contribution < -0.4 is 5.73 Å². The molecule has 4 nitrogen and oxygen atoms in total. The molecule has 0 aliphatic heterocycles. The molecule has 2 aromatic heterocycles. The van der Waals surface area contributed by atoms with E-state index >= 15 is 0 Å². The highest BCUT2D eigenvalue weighted by molar-refractivity contribution is 5.62. The Kier molecular flexibility index (Phi) is 1.96. The smallest absolute Gasteiger partial charge is 0.145 e. The minimum atomic E-state index is -0.0443. The van der Waals surface area contributed by atoms with E-state index in [1.165, 1.54) is 0 Å². The molecular weight excluding hydrogens is 188 g/mol. The number of nitrogens with two attached hydrogens (primary N) is 1. The summed E-state index contributed by atoms with van der Waals surface area (Å²) in [6.07, 6.45) is 3.69. The molecule has 0 amide bonds. The largest absolute Gasteiger partial charge is 0.383 e. The van der Waals surface area contributed by atoms with Gasteiger partial charge in [0, 0.05) is 18.0 Å². The van der Waals surface area contributed by atoms with Crippen molar-refractivity contribution >= 4 is 11.5 Å². The Bertz CT molecular complexity index is 505. The van der Waals surface area contributed by atoms with Crippen LogP contribution in [0.4, 0.5) is 5.82 Å². The van der Waals surface area contributed by atoms with E-state index in [1.807, 2.05) is 17.5 Å². The van der Waals surface area contributed by atoms with Gasteiger partial charge in [0.05, 0.1) is 0 Å². The third-order valence-corrected chi connectivity index (χ3v) is 2.50. The fourth-order valence-corrected chi connectivity index (χ4v) is 1.87. The SMILES string of the molecule is Cc1nc(N)c(C(C)(C)C)c2nccn12. The number of nitrogens with zero attached hydrogens (tertiary/aromatic N) is 3. The number of aromatic nitrogens is 3. The van der Waals surface area contributed by atoms with E-state index in [9.17, 15) is 0 Å². The lowest BCUT2D eigenvalue weighted by Gasteiger charge is -2.21. The van der Waals surface area contributed by atoms with E-state index in [2.05, 4.69) is 30.7 Å². The maximum Gasteiger partial charge on any atom is 0.145 e. The van der Waals surface area contributed by atoms with E-state index in [1.54, 1.807) is 6.20 Å². The highest BCUT2D eigenvalue weighted by Crippen LogP contribution is 2.30. The first-order valence-electron chi connectivity index (χ1n) is 5.01. The van der Waals surface area contributed by atoms with Crippen LogP contribution in [0.15, 0.2) is 12.4 Å². The van der Waals surface area contributed by atoms with Crippen molar-refractivity contribution in [2.75, 3.05) is 5.73 Å². The Labute approximate surface area is 89.2 Å². The van der Waals surface area contributed by atoms with Crippen LogP contribution in [-0.4, -0.2) is 14.4 Å². The van der Waals surface area contributed by atoms with Crippen LogP contribution in [0.25, 0.3) is 5.65 Å². The van der Waals surface area contributed by atoms with Crippen LogP contribution in [0.1, 0.15) is 32.2 Å². The van der Waals surface area contributed by atoms with Crippen LogP contribution in [-0.2, 0) is 5.41 Å². The molecule has 0 spiro atoms. The second-order valence-electron chi connectivity index (χ2n) is 4.79. The zero-order valence-corrected chi connectivity index (χ0v) is 9.57. The summed E-state index contributed by atoms with van der Waals surface area (Å²) in [5.74, 6) is 1.45. The van der Waals surface area contributed by atoms with Gasteiger partial charge in [-0.3, -0.25) is 4.40 Å². The molecule has 0 unspecified atom stereocenters. The molecule has 0 saturated heterocycles. The van der Waals surface area contributed by atoms with Gasteiger partial charge in [0.15, 0.2) is 0 Å². The van der Waals surface area contributed by atoms with Gasteiger partial charge in [-0.1, -0.05) is 20.8 Å². The van der Waals surface area contributed by atoms with Crippen LogP contribution in [0.3, 0.4) is 0 Å². The van der Waals surface area contributed by atoms with Crippen molar-refractivity contribution in [1.29, 1.82) is 0 Å². The first-order valence-corrected chi connectivity index (χ1v) is 5.01. The Balaban J connectivity index is 2.89. The number of rotatable bonds is 0. The normalized spacial score (nSPS) is 12.3. The summed E-state index contributed by atoms with van der Waals surface area (Å²) in [5.41, 5.74) is 7.85. The van der Waals surface area contributed by atoms with Crippen molar-refractivity contribution in [1.82, 2.24) is 14.4 Å². The minimum absolute atomic E-state index is 0.0443. The third-order valence-electron chi connectivity index (χ3n) is 2.50. The maximum atomic E-state index is 5.97. The van der Waals surface area contributed by atoms with Gasteiger partial charge in [-0.15, -0.1) is 0 Å². The van der Waals surface area contributed by atoms with Crippen molar-refractivity contribution in [2.45, 2.75) is 33.1 Å². The standard InChI is InChI=1S/C11H16N4/c1-7-14-9(12)8(11(2,3)4)10-13-5-6-15(7)10/h5-6H,12H2,1-4H3. The zero-order chi connectivity index (χ0) is 11.2. The van der Waals surface area contributed by atoms with Crippen molar-refractivity contribution in [3.05, 3.63) is 23.8 Å². The van der Waals surface area contributed by atoms with E-state index in [0.29, 0.717) is 5.82 Å². The van der Waals surface area contributed by atoms with Crippen molar-refractivity contribution in [3.63, 3.8) is 0 Å². The van der Waals surface area contributed by atoms with Gasteiger partial charge >= 0.3 is 0 Å². The number of imidazole rings is 1. The van der Waals surface area contributed by atoms with Crippen LogP contribution in [0.2, 0.25) is 0 Å². The number of hydrogen-bond donors (Lipinski definition) is 1. The first kappa shape index (κ1) is 9.96. The third kappa shape index (κ3) is 1.46. The highest BCUT2D eigenvalue weighted by atomic mass is 15.1. The van der Waals surface area contributed by atoms with Gasteiger partial charge in [-0.25, -0.2) is 9.97 Å². The summed E-state index contributed by atoms with van der Waals surface area (Å²) in [7, 11) is 0. The topological polar surface area (TPSA) is 56.2 Å². The second kappa shape index (κ2) is 2.95. The first-order chi connectivity index (χ1) is 6.91. The van der Waals surface area contributed by atoms with Crippen LogP contribution in [0.5, 0.6) is 0 Å². The predicted octanol–water partition coefficient (Wildman–Crippen LogP) is 1.92. The van der Waals surface area contributed by atoms with Gasteiger partial charge in [0.1, 0.15) is 17.3 Å². The number of nitrogen functional groups attached to an aromatic ring is 1. The number of aryl methyl sites for hydroxylation is 1. The summed E-state index contributed by atoms with van der Waals surface area (Å²) in [5, 5.41) is 0. The van der Waals surface area contributed by atoms with E-state index in [-0.39, 0.29) is 5.41 Å². The molecule has 0 aromatic carbocycles. The minimum Gasteiger partial charge on any atom is -0.383 e. The predicted molar refractivity (Wildman–Crippen MR) is 60.8 cm³/mol. The Morgan fingerprint density at radius 3 is 2.60 bits per heavy atom. The molecule has 0 fully saturated rings. The van der Waals surface area contributed by atoms with Gasteiger partial charge in [-0.05, 0) is 12.3 Å². The molecule has 2 rings (SSSR count). The highest BCUT2D eigenvalue weighted by Gasteiger charge is 2.23. The lowest BCUT2D eigenvalue weighted by atomic mass is 9.88. The Morgan fingerprint density at radius 2 is 2.00 bits per heavy atom. The maximum absolute atomic E-state index is 5.97. The van der Waals surface area contributed by atoms with Gasteiger partial charge in [0.2, 0.25) is 0 Å². The monoisotopic (exact) mass is 204 g/mol. The summed E-state index contributed by atoms with van der Waals surface area (Å²) in [6, 6.07) is 0. The van der Waals surface area contributed by atoms with Crippen molar-refractivity contribution in [3.8, 4) is 0 Å². The Morgan fingerprint density at radius 1 is 1.33 bits per heavy atom. The summed E-state index contributed by atoms with van der Waals surface area (Å²) >= 11 is 0. The average Bonchev–Trinajstić information content (AvgIpc) is 2.49. The summed E-state index contributed by atoms with van der Waals surface area (Å²) in [4.78, 5) is 8.69. The van der Waals surface area contributed by atoms with Crippen LogP contribution >= 0.6 is 0 Å².